The number of aliphatic imine (C=N–C) groups is 2. The van der Waals surface area contributed by atoms with Gasteiger partial charge in [-0.25, -0.2) is 4.99 Å². The summed E-state index contributed by atoms with van der Waals surface area (Å²) in [6.45, 7) is 2.07. The second-order valence-corrected chi connectivity index (χ2v) is 16.7. The number of amidine groups is 1. The molecule has 9 aromatic carbocycles. The van der Waals surface area contributed by atoms with Crippen LogP contribution in [0, 0.1) is 19.5 Å². The summed E-state index contributed by atoms with van der Waals surface area (Å²) in [5.41, 5.74) is 5.69. The minimum atomic E-state index is -4.98. The van der Waals surface area contributed by atoms with Crippen LogP contribution in [0.3, 0.4) is 0 Å². The molecule has 9 aromatic rings. The van der Waals surface area contributed by atoms with Crippen molar-refractivity contribution in [1.29, 1.82) is 0 Å². The van der Waals surface area contributed by atoms with Gasteiger partial charge in [0.15, 0.2) is 0 Å². The first-order valence-corrected chi connectivity index (χ1v) is 21.3. The van der Waals surface area contributed by atoms with Gasteiger partial charge >= 0.3 is 21.8 Å². The van der Waals surface area contributed by atoms with Gasteiger partial charge in [0.1, 0.15) is 17.7 Å². The number of fused-ring (bicyclic) bond motifs is 6. The molecule has 0 spiro atoms. The molecule has 288 valence electrons. The molecule has 0 radical (unpaired) electrons. The maximum Gasteiger partial charge on any atom is 0.447 e. The molecule has 1 aliphatic carbocycles. The lowest BCUT2D eigenvalue weighted by molar-refractivity contribution is 0.364. The van der Waals surface area contributed by atoms with Crippen molar-refractivity contribution in [2.24, 2.45) is 9.98 Å². The van der Waals surface area contributed by atoms with Gasteiger partial charge in [-0.15, -0.1) is 0 Å². The molecule has 0 saturated heterocycles. The van der Waals surface area contributed by atoms with E-state index in [4.69, 9.17) is 29.0 Å². The second-order valence-electron chi connectivity index (χ2n) is 15.0. The number of hydrogen-bond donors (Lipinski definition) is 1. The molecule has 10 nitrogen and oxygen atoms in total. The molecule has 0 fully saturated rings. The van der Waals surface area contributed by atoms with E-state index in [9.17, 15) is 17.2 Å². The summed E-state index contributed by atoms with van der Waals surface area (Å²) in [6.07, 6.45) is 7.53. The maximum absolute atomic E-state index is 12.9. The lowest BCUT2D eigenvalue weighted by atomic mass is 9.82. The number of hydrogen-bond acceptors (Lipinski definition) is 9. The number of anilines is 1. The fourth-order valence-corrected chi connectivity index (χ4v) is 10.5. The third-order valence-corrected chi connectivity index (χ3v) is 12.8. The molecule has 1 N–H and O–H groups in total. The second kappa shape index (κ2) is 12.4. The molecule has 2 heterocycles. The quantitative estimate of drug-likeness (QED) is 0.0763. The minimum absolute atomic E-state index is 0.0754. The Hall–Kier alpha value is -7.30. The number of benzene rings is 9. The largest absolute Gasteiger partial charge is 0.447 e. The highest BCUT2D eigenvalue weighted by Crippen LogP contribution is 2.47. The van der Waals surface area contributed by atoms with Crippen molar-refractivity contribution in [3.63, 3.8) is 0 Å². The highest BCUT2D eigenvalue weighted by atomic mass is 32.3. The Bertz CT molecular complexity index is 3840. The fraction of sp³-hybridized carbons (Fsp3) is 0.0417. The lowest BCUT2D eigenvalue weighted by Gasteiger charge is -2.35. The third kappa shape index (κ3) is 4.85. The number of nitrogens with zero attached hydrogens (tertiary/aromatic N) is 3. The molecule has 0 amide bonds. The van der Waals surface area contributed by atoms with E-state index in [1.54, 1.807) is 4.90 Å². The first-order valence-electron chi connectivity index (χ1n) is 19.0. The molecule has 3 aliphatic rings. The van der Waals surface area contributed by atoms with Gasteiger partial charge in [-0.1, -0.05) is 97.4 Å². The summed E-state index contributed by atoms with van der Waals surface area (Å²) >= 11 is -2.26. The van der Waals surface area contributed by atoms with E-state index in [1.807, 2.05) is 91.0 Å². The molecule has 1 unspecified atom stereocenters. The summed E-state index contributed by atoms with van der Waals surface area (Å²) in [5.74, 6) is 0.794. The van der Waals surface area contributed by atoms with E-state index in [0.717, 1.165) is 104 Å². The Morgan fingerprint density at radius 1 is 0.733 bits per heavy atom. The topological polar surface area (TPSA) is 127 Å². The van der Waals surface area contributed by atoms with E-state index in [-0.39, 0.29) is 12.3 Å². The van der Waals surface area contributed by atoms with Crippen molar-refractivity contribution in [2.75, 3.05) is 4.90 Å². The molecule has 0 saturated carbocycles. The maximum atomic E-state index is 12.9. The van der Waals surface area contributed by atoms with E-state index >= 15 is 0 Å². The molecule has 60 heavy (non-hydrogen) atoms. The third-order valence-electron chi connectivity index (χ3n) is 11.9. The SMILES string of the molecule is C#COS(=O)OC1=c2ccc3c4ccc5c6c(ccc(c7ccc(c2c37)C(=Nc2cccc3cccc(C)c23)C1)c64)=C(OS(=O)(=O)O)N1C5=Nc2cccc3cccc1c23. The van der Waals surface area contributed by atoms with Crippen LogP contribution < -0.4 is 15.3 Å². The summed E-state index contributed by atoms with van der Waals surface area (Å²) < 4.78 is 64.8. The van der Waals surface area contributed by atoms with Crippen molar-refractivity contribution in [3.8, 4) is 12.5 Å². The van der Waals surface area contributed by atoms with Crippen LogP contribution in [0.25, 0.3) is 76.3 Å². The average Bonchev–Trinajstić information content (AvgIpc) is 3.23. The van der Waals surface area contributed by atoms with Crippen LogP contribution in [0.4, 0.5) is 17.1 Å². The predicted octanol–water partition coefficient (Wildman–Crippen LogP) is 8.98. The van der Waals surface area contributed by atoms with Gasteiger partial charge in [0.2, 0.25) is 5.88 Å². The van der Waals surface area contributed by atoms with Crippen LogP contribution in [0.1, 0.15) is 23.1 Å². The monoisotopic (exact) mass is 821 g/mol. The van der Waals surface area contributed by atoms with Crippen molar-refractivity contribution in [1.82, 2.24) is 0 Å². The zero-order valence-electron chi connectivity index (χ0n) is 31.4. The van der Waals surface area contributed by atoms with E-state index in [2.05, 4.69) is 43.3 Å². The normalized spacial score (nSPS) is 15.6. The van der Waals surface area contributed by atoms with Gasteiger partial charge in [-0.05, 0) is 85.9 Å². The summed E-state index contributed by atoms with van der Waals surface area (Å²) in [4.78, 5) is 12.1. The van der Waals surface area contributed by atoms with E-state index < -0.39 is 21.8 Å². The van der Waals surface area contributed by atoms with E-state index in [1.165, 1.54) is 0 Å². The first-order chi connectivity index (χ1) is 29.2. The summed E-state index contributed by atoms with van der Waals surface area (Å²) in [5, 5.41) is 12.1. The minimum Gasteiger partial charge on any atom is -0.374 e. The Labute approximate surface area is 344 Å². The van der Waals surface area contributed by atoms with Gasteiger partial charge in [-0.2, -0.15) is 12.6 Å². The highest BCUT2D eigenvalue weighted by Gasteiger charge is 2.36. The molecular weight excluding hydrogens is 795 g/mol. The van der Waals surface area contributed by atoms with Crippen LogP contribution in [-0.2, 0) is 34.3 Å². The molecular formula is C48H27N3O7S2. The number of aryl methyl sites for hydroxylation is 1. The van der Waals surface area contributed by atoms with Gasteiger partial charge in [0, 0.05) is 43.1 Å². The van der Waals surface area contributed by atoms with E-state index in [0.29, 0.717) is 22.5 Å². The predicted molar refractivity (Wildman–Crippen MR) is 238 cm³/mol. The van der Waals surface area contributed by atoms with Gasteiger partial charge in [0.25, 0.3) is 0 Å². The number of rotatable bonds is 6. The average molecular weight is 822 g/mol. The standard InChI is InChI=1S/C48H27N3O7S2/c1-3-56-59(52)57-40-24-38(49-36-13-5-10-26-9-4-8-25(2)41(26)36)32-20-16-28-31-19-23-35-46-34(22-18-30(44(31)46)29-17-21-33(40)45(32)43(28)29)47-50-37-14-6-11-27-12-7-15-39(42(27)37)51(47)48(35)58-60(53,54)55/h1,4-23H,24H2,2H3,(H,53,54,55). The number of terminal acetylenes is 1. The Morgan fingerprint density at radius 3 is 2.07 bits per heavy atom. The van der Waals surface area contributed by atoms with Crippen LogP contribution in [0.15, 0.2) is 131 Å². The zero-order chi connectivity index (χ0) is 40.6. The van der Waals surface area contributed by atoms with Crippen molar-refractivity contribution in [2.45, 2.75) is 13.3 Å². The zero-order valence-corrected chi connectivity index (χ0v) is 33.0. The smallest absolute Gasteiger partial charge is 0.374 e. The van der Waals surface area contributed by atoms with Gasteiger partial charge in [-0.3, -0.25) is 14.4 Å². The molecule has 1 atom stereocenters. The van der Waals surface area contributed by atoms with Crippen molar-refractivity contribution < 1.29 is 29.7 Å². The Morgan fingerprint density at radius 2 is 1.35 bits per heavy atom. The Kier molecular flexibility index (Phi) is 7.15. The molecule has 0 bridgehead atoms. The lowest BCUT2D eigenvalue weighted by Crippen LogP contribution is -2.41. The van der Waals surface area contributed by atoms with Crippen LogP contribution >= 0.6 is 0 Å². The molecule has 12 rings (SSSR count). The fourth-order valence-electron chi connectivity index (χ4n) is 9.67. The van der Waals surface area contributed by atoms with Gasteiger partial charge < -0.3 is 12.5 Å². The Balaban J connectivity index is 1.19. The molecule has 0 aromatic heterocycles. The molecule has 12 heteroatoms. The highest BCUT2D eigenvalue weighted by molar-refractivity contribution is 7.81. The van der Waals surface area contributed by atoms with Crippen LogP contribution in [0.2, 0.25) is 0 Å². The van der Waals surface area contributed by atoms with Crippen molar-refractivity contribution in [3.05, 3.63) is 148 Å². The molecule has 2 aliphatic heterocycles. The first kappa shape index (κ1) is 34.7. The summed E-state index contributed by atoms with van der Waals surface area (Å²) in [6, 6.07) is 39.8. The summed E-state index contributed by atoms with van der Waals surface area (Å²) in [7, 11) is -4.98. The van der Waals surface area contributed by atoms with Crippen molar-refractivity contribution >= 4 is 127 Å². The van der Waals surface area contributed by atoms with Gasteiger partial charge in [0.05, 0.1) is 29.2 Å². The van der Waals surface area contributed by atoms with Crippen LogP contribution in [-0.4, -0.2) is 28.7 Å². The van der Waals surface area contributed by atoms with Crippen LogP contribution in [0.5, 0.6) is 0 Å².